The van der Waals surface area contributed by atoms with Crippen molar-refractivity contribution in [2.75, 3.05) is 13.1 Å². The third-order valence-electron chi connectivity index (χ3n) is 2.67. The minimum absolute atomic E-state index is 0.00542. The Morgan fingerprint density at radius 2 is 2.47 bits per heavy atom. The third kappa shape index (κ3) is 3.01. The summed E-state index contributed by atoms with van der Waals surface area (Å²) in [5.74, 6) is -0.239. The number of carbonyl (C=O) groups excluding carboxylic acids is 1. The molecule has 0 saturated carbocycles. The van der Waals surface area contributed by atoms with Crippen LogP contribution in [0.2, 0.25) is 0 Å². The van der Waals surface area contributed by atoms with Crippen molar-refractivity contribution in [1.29, 1.82) is 0 Å². The molecule has 1 saturated heterocycles. The maximum atomic E-state index is 11.7. The molecule has 0 bridgehead atoms. The Morgan fingerprint density at radius 1 is 1.65 bits per heavy atom. The first-order chi connectivity index (χ1) is 8.16. The quantitative estimate of drug-likeness (QED) is 0.624. The molecule has 0 radical (unpaired) electrons. The monoisotopic (exact) mass is 255 g/mol. The predicted molar refractivity (Wildman–Crippen MR) is 64.3 cm³/mol. The fourth-order valence-electron chi connectivity index (χ4n) is 1.78. The summed E-state index contributed by atoms with van der Waals surface area (Å²) >= 11 is 0.900. The van der Waals surface area contributed by atoms with Gasteiger partial charge in [0.15, 0.2) is 0 Å². The van der Waals surface area contributed by atoms with Crippen LogP contribution in [0, 0.1) is 10.1 Å². The predicted octanol–water partition coefficient (Wildman–Crippen LogP) is 1.14. The summed E-state index contributed by atoms with van der Waals surface area (Å²) in [7, 11) is 0. The van der Waals surface area contributed by atoms with E-state index in [1.807, 2.05) is 0 Å². The molecule has 0 aliphatic carbocycles. The molecule has 1 fully saturated rings. The van der Waals surface area contributed by atoms with Crippen LogP contribution in [0.25, 0.3) is 0 Å². The van der Waals surface area contributed by atoms with Crippen molar-refractivity contribution < 1.29 is 9.72 Å². The maximum absolute atomic E-state index is 11.7. The molecule has 1 amide bonds. The molecule has 1 aliphatic heterocycles. The van der Waals surface area contributed by atoms with Crippen molar-refractivity contribution in [3.63, 3.8) is 0 Å². The molecule has 17 heavy (non-hydrogen) atoms. The first kappa shape index (κ1) is 12.0. The van der Waals surface area contributed by atoms with Crippen LogP contribution < -0.4 is 10.6 Å². The second-order valence-corrected chi connectivity index (χ2v) is 4.96. The summed E-state index contributed by atoms with van der Waals surface area (Å²) in [6.07, 6.45) is 2.19. The van der Waals surface area contributed by atoms with Crippen LogP contribution in [0.3, 0.4) is 0 Å². The Labute approximate surface area is 102 Å². The summed E-state index contributed by atoms with van der Waals surface area (Å²) in [4.78, 5) is 22.1. The van der Waals surface area contributed by atoms with Gasteiger partial charge in [-0.05, 0) is 25.5 Å². The van der Waals surface area contributed by atoms with Crippen molar-refractivity contribution in [3.05, 3.63) is 27.1 Å². The van der Waals surface area contributed by atoms with Crippen molar-refractivity contribution in [1.82, 2.24) is 10.6 Å². The van der Waals surface area contributed by atoms with Crippen molar-refractivity contribution in [2.24, 2.45) is 0 Å². The van der Waals surface area contributed by atoms with E-state index in [0.29, 0.717) is 17.5 Å². The van der Waals surface area contributed by atoms with Crippen molar-refractivity contribution >= 4 is 22.2 Å². The van der Waals surface area contributed by atoms with Gasteiger partial charge in [0.2, 0.25) is 0 Å². The Kier molecular flexibility index (Phi) is 3.70. The van der Waals surface area contributed by atoms with Crippen LogP contribution in [0.4, 0.5) is 5.00 Å². The number of carbonyl (C=O) groups is 1. The smallest absolute Gasteiger partial charge is 0.324 e. The second-order valence-electron chi connectivity index (χ2n) is 3.90. The Bertz CT molecular complexity index is 426. The number of nitrogens with zero attached hydrogens (tertiary/aromatic N) is 1. The number of rotatable bonds is 4. The highest BCUT2D eigenvalue weighted by Crippen LogP contribution is 2.23. The summed E-state index contributed by atoms with van der Waals surface area (Å²) in [6, 6.07) is 3.17. The molecule has 2 N–H and O–H groups in total. The minimum Gasteiger partial charge on any atom is -0.350 e. The summed E-state index contributed by atoms with van der Waals surface area (Å²) < 4.78 is 0. The summed E-state index contributed by atoms with van der Waals surface area (Å²) in [6.45, 7) is 1.57. The number of nitro groups is 1. The van der Waals surface area contributed by atoms with Gasteiger partial charge >= 0.3 is 5.00 Å². The largest absolute Gasteiger partial charge is 0.350 e. The maximum Gasteiger partial charge on any atom is 0.324 e. The van der Waals surface area contributed by atoms with Crippen LogP contribution in [0.15, 0.2) is 12.1 Å². The molecule has 0 spiro atoms. The average Bonchev–Trinajstić information content (AvgIpc) is 2.96. The van der Waals surface area contributed by atoms with Gasteiger partial charge in [-0.3, -0.25) is 14.9 Å². The molecule has 92 valence electrons. The lowest BCUT2D eigenvalue weighted by atomic mass is 10.2. The highest BCUT2D eigenvalue weighted by molar-refractivity contribution is 7.17. The van der Waals surface area contributed by atoms with Gasteiger partial charge in [0.05, 0.1) is 9.80 Å². The molecule has 7 heteroatoms. The normalized spacial score (nSPS) is 19.2. The minimum atomic E-state index is -0.486. The molecular weight excluding hydrogens is 242 g/mol. The highest BCUT2D eigenvalue weighted by Gasteiger charge is 2.18. The molecule has 2 heterocycles. The Balaban J connectivity index is 1.87. The van der Waals surface area contributed by atoms with E-state index in [2.05, 4.69) is 10.6 Å². The fourth-order valence-corrected chi connectivity index (χ4v) is 2.52. The molecule has 1 aromatic rings. The van der Waals surface area contributed by atoms with Gasteiger partial charge in [0.1, 0.15) is 0 Å². The van der Waals surface area contributed by atoms with E-state index in [0.717, 1.165) is 30.7 Å². The van der Waals surface area contributed by atoms with Gasteiger partial charge < -0.3 is 10.6 Å². The first-order valence-corrected chi connectivity index (χ1v) is 6.24. The van der Waals surface area contributed by atoms with Crippen molar-refractivity contribution in [2.45, 2.75) is 18.9 Å². The van der Waals surface area contributed by atoms with E-state index in [9.17, 15) is 14.9 Å². The van der Waals surface area contributed by atoms with E-state index in [-0.39, 0.29) is 10.9 Å². The molecule has 0 aromatic carbocycles. The Morgan fingerprint density at radius 3 is 3.06 bits per heavy atom. The molecule has 1 atom stereocenters. The lowest BCUT2D eigenvalue weighted by molar-refractivity contribution is -0.380. The van der Waals surface area contributed by atoms with Crippen LogP contribution in [0.1, 0.15) is 22.5 Å². The van der Waals surface area contributed by atoms with Crippen LogP contribution in [0.5, 0.6) is 0 Å². The van der Waals surface area contributed by atoms with Gasteiger partial charge in [-0.25, -0.2) is 0 Å². The number of amides is 1. The van der Waals surface area contributed by atoms with Gasteiger partial charge in [0.25, 0.3) is 5.91 Å². The molecule has 1 unspecified atom stereocenters. The van der Waals surface area contributed by atoms with Crippen molar-refractivity contribution in [3.8, 4) is 0 Å². The SMILES string of the molecule is O=C(NCC1CCCN1)c1ccc([N+](=O)[O-])s1. The summed E-state index contributed by atoms with van der Waals surface area (Å²) in [5, 5.41) is 16.5. The zero-order valence-corrected chi connectivity index (χ0v) is 9.96. The number of hydrogen-bond donors (Lipinski definition) is 2. The van der Waals surface area contributed by atoms with Gasteiger partial charge in [-0.1, -0.05) is 11.3 Å². The lowest BCUT2D eigenvalue weighted by Crippen LogP contribution is -2.36. The van der Waals surface area contributed by atoms with Gasteiger partial charge in [-0.15, -0.1) is 0 Å². The topological polar surface area (TPSA) is 84.3 Å². The van der Waals surface area contributed by atoms with Gasteiger partial charge in [0, 0.05) is 18.7 Å². The number of thiophene rings is 1. The highest BCUT2D eigenvalue weighted by atomic mass is 32.1. The molecular formula is C10H13N3O3S. The zero-order chi connectivity index (χ0) is 12.3. The standard InChI is InChI=1S/C10H13N3O3S/c14-10(12-6-7-2-1-5-11-7)8-3-4-9(17-8)13(15)16/h3-4,7,11H,1-2,5-6H2,(H,12,14). The first-order valence-electron chi connectivity index (χ1n) is 5.42. The molecule has 6 nitrogen and oxygen atoms in total. The Hall–Kier alpha value is -1.47. The van der Waals surface area contributed by atoms with E-state index in [1.165, 1.54) is 12.1 Å². The van der Waals surface area contributed by atoms with E-state index < -0.39 is 4.92 Å². The van der Waals surface area contributed by atoms with Crippen LogP contribution >= 0.6 is 11.3 Å². The second kappa shape index (κ2) is 5.24. The third-order valence-corrected chi connectivity index (χ3v) is 3.70. The van der Waals surface area contributed by atoms with E-state index in [1.54, 1.807) is 0 Å². The van der Waals surface area contributed by atoms with Crippen LogP contribution in [-0.2, 0) is 0 Å². The zero-order valence-electron chi connectivity index (χ0n) is 9.14. The van der Waals surface area contributed by atoms with E-state index >= 15 is 0 Å². The fraction of sp³-hybridized carbons (Fsp3) is 0.500. The molecule has 1 aliphatic rings. The van der Waals surface area contributed by atoms with Gasteiger partial charge in [-0.2, -0.15) is 0 Å². The van der Waals surface area contributed by atoms with Crippen LogP contribution in [-0.4, -0.2) is 30.0 Å². The van der Waals surface area contributed by atoms with E-state index in [4.69, 9.17) is 0 Å². The number of hydrogen-bond acceptors (Lipinski definition) is 5. The molecule has 2 rings (SSSR count). The number of nitrogens with one attached hydrogen (secondary N) is 2. The average molecular weight is 255 g/mol. The molecule has 1 aromatic heterocycles. The lowest BCUT2D eigenvalue weighted by Gasteiger charge is -2.10. The summed E-state index contributed by atoms with van der Waals surface area (Å²) in [5.41, 5.74) is 0.